The number of hydrogen-bond donors (Lipinski definition) is 2. The standard InChI is InChI=1S/C23H15F2N5/c24-18-12-20-21(13-19(18)25)30-23(29-20)15-3-1-4-17(11-15)28-16-7-5-14(6-8-16)22-26-9-2-10-27-22/h1-13,28H,(H,29,30). The third-order valence-electron chi connectivity index (χ3n) is 4.66. The van der Waals surface area contributed by atoms with Crippen molar-refractivity contribution in [2.45, 2.75) is 0 Å². The molecule has 0 unspecified atom stereocenters. The molecule has 0 aliphatic carbocycles. The van der Waals surface area contributed by atoms with Crippen molar-refractivity contribution in [3.63, 3.8) is 0 Å². The molecular formula is C23H15F2N5. The molecule has 0 aliphatic heterocycles. The Bertz CT molecular complexity index is 1290. The Labute approximate surface area is 170 Å². The highest BCUT2D eigenvalue weighted by atomic mass is 19.2. The minimum Gasteiger partial charge on any atom is -0.356 e. The average Bonchev–Trinajstić information content (AvgIpc) is 3.18. The molecule has 0 saturated carbocycles. The summed E-state index contributed by atoms with van der Waals surface area (Å²) in [6.07, 6.45) is 3.42. The van der Waals surface area contributed by atoms with Gasteiger partial charge in [0.1, 0.15) is 5.82 Å². The van der Waals surface area contributed by atoms with Gasteiger partial charge in [0.2, 0.25) is 0 Å². The molecule has 30 heavy (non-hydrogen) atoms. The monoisotopic (exact) mass is 399 g/mol. The van der Waals surface area contributed by atoms with Gasteiger partial charge in [-0.05, 0) is 42.5 Å². The lowest BCUT2D eigenvalue weighted by Crippen LogP contribution is -1.92. The van der Waals surface area contributed by atoms with Crippen LogP contribution in [0.1, 0.15) is 0 Å². The van der Waals surface area contributed by atoms with Gasteiger partial charge in [-0.3, -0.25) is 0 Å². The second-order valence-corrected chi connectivity index (χ2v) is 6.72. The number of rotatable bonds is 4. The highest BCUT2D eigenvalue weighted by Crippen LogP contribution is 2.26. The third kappa shape index (κ3) is 3.48. The van der Waals surface area contributed by atoms with Crippen LogP contribution in [0, 0.1) is 11.6 Å². The molecule has 3 aromatic carbocycles. The fraction of sp³-hybridized carbons (Fsp3) is 0. The summed E-state index contributed by atoms with van der Waals surface area (Å²) in [6.45, 7) is 0. The van der Waals surface area contributed by atoms with Gasteiger partial charge in [-0.15, -0.1) is 0 Å². The summed E-state index contributed by atoms with van der Waals surface area (Å²) in [6, 6.07) is 19.4. The molecule has 5 rings (SSSR count). The number of imidazole rings is 1. The number of benzene rings is 3. The van der Waals surface area contributed by atoms with Crippen LogP contribution < -0.4 is 5.32 Å². The summed E-state index contributed by atoms with van der Waals surface area (Å²) in [5.41, 5.74) is 4.31. The number of nitrogens with one attached hydrogen (secondary N) is 2. The maximum Gasteiger partial charge on any atom is 0.161 e. The number of hydrogen-bond acceptors (Lipinski definition) is 4. The molecule has 5 aromatic rings. The van der Waals surface area contributed by atoms with Crippen molar-refractivity contribution in [3.05, 3.63) is 90.8 Å². The largest absolute Gasteiger partial charge is 0.356 e. The molecule has 0 amide bonds. The minimum atomic E-state index is -0.916. The van der Waals surface area contributed by atoms with Crippen molar-refractivity contribution >= 4 is 22.4 Å². The highest BCUT2D eigenvalue weighted by molar-refractivity contribution is 5.80. The van der Waals surface area contributed by atoms with Crippen LogP contribution in [0.2, 0.25) is 0 Å². The smallest absolute Gasteiger partial charge is 0.161 e. The second-order valence-electron chi connectivity index (χ2n) is 6.72. The van der Waals surface area contributed by atoms with E-state index in [1.165, 1.54) is 0 Å². The molecule has 2 heterocycles. The summed E-state index contributed by atoms with van der Waals surface area (Å²) in [4.78, 5) is 15.9. The molecule has 0 saturated heterocycles. The van der Waals surface area contributed by atoms with Gasteiger partial charge in [0.25, 0.3) is 0 Å². The van der Waals surface area contributed by atoms with Crippen LogP contribution in [0.4, 0.5) is 20.2 Å². The lowest BCUT2D eigenvalue weighted by Gasteiger charge is -2.08. The van der Waals surface area contributed by atoms with E-state index in [0.29, 0.717) is 22.7 Å². The predicted octanol–water partition coefficient (Wildman–Crippen LogP) is 5.71. The SMILES string of the molecule is Fc1cc2nc(-c3cccc(Nc4ccc(-c5ncccn5)cc4)c3)[nH]c2cc1F. The van der Waals surface area contributed by atoms with Gasteiger partial charge in [-0.2, -0.15) is 0 Å². The quantitative estimate of drug-likeness (QED) is 0.406. The Morgan fingerprint density at radius 3 is 2.30 bits per heavy atom. The summed E-state index contributed by atoms with van der Waals surface area (Å²) in [5, 5.41) is 3.34. The van der Waals surface area contributed by atoms with E-state index in [4.69, 9.17) is 0 Å². The Hall–Kier alpha value is -4.13. The summed E-state index contributed by atoms with van der Waals surface area (Å²) in [7, 11) is 0. The van der Waals surface area contributed by atoms with Crippen LogP contribution in [0.3, 0.4) is 0 Å². The van der Waals surface area contributed by atoms with E-state index >= 15 is 0 Å². The average molecular weight is 399 g/mol. The molecule has 2 N–H and O–H groups in total. The molecule has 146 valence electrons. The molecule has 5 nitrogen and oxygen atoms in total. The summed E-state index contributed by atoms with van der Waals surface area (Å²) in [5.74, 6) is -0.614. The molecule has 0 spiro atoms. The van der Waals surface area contributed by atoms with E-state index in [9.17, 15) is 8.78 Å². The van der Waals surface area contributed by atoms with Gasteiger partial charge in [0.05, 0.1) is 11.0 Å². The molecule has 2 aromatic heterocycles. The zero-order chi connectivity index (χ0) is 20.5. The number of H-pyrrole nitrogens is 1. The first-order chi connectivity index (χ1) is 14.7. The summed E-state index contributed by atoms with van der Waals surface area (Å²) >= 11 is 0. The zero-order valence-electron chi connectivity index (χ0n) is 15.6. The fourth-order valence-electron chi connectivity index (χ4n) is 3.20. The predicted molar refractivity (Wildman–Crippen MR) is 112 cm³/mol. The first-order valence-corrected chi connectivity index (χ1v) is 9.25. The maximum absolute atomic E-state index is 13.5. The van der Waals surface area contributed by atoms with E-state index in [1.807, 2.05) is 48.5 Å². The van der Waals surface area contributed by atoms with Crippen molar-refractivity contribution in [1.29, 1.82) is 0 Å². The number of fused-ring (bicyclic) bond motifs is 1. The Balaban J connectivity index is 1.40. The summed E-state index contributed by atoms with van der Waals surface area (Å²) < 4.78 is 26.9. The fourth-order valence-corrected chi connectivity index (χ4v) is 3.20. The highest BCUT2D eigenvalue weighted by Gasteiger charge is 2.10. The van der Waals surface area contributed by atoms with Crippen molar-refractivity contribution in [3.8, 4) is 22.8 Å². The van der Waals surface area contributed by atoms with E-state index in [0.717, 1.165) is 34.6 Å². The van der Waals surface area contributed by atoms with Gasteiger partial charge in [0.15, 0.2) is 17.5 Å². The Kier molecular flexibility index (Phi) is 4.40. The molecule has 7 heteroatoms. The molecule has 0 aliphatic rings. The van der Waals surface area contributed by atoms with Crippen LogP contribution in [0.5, 0.6) is 0 Å². The van der Waals surface area contributed by atoms with E-state index in [-0.39, 0.29) is 0 Å². The van der Waals surface area contributed by atoms with Crippen molar-refractivity contribution in [2.24, 2.45) is 0 Å². The van der Waals surface area contributed by atoms with Crippen LogP contribution >= 0.6 is 0 Å². The first-order valence-electron chi connectivity index (χ1n) is 9.25. The lowest BCUT2D eigenvalue weighted by molar-refractivity contribution is 0.510. The lowest BCUT2D eigenvalue weighted by atomic mass is 10.1. The van der Waals surface area contributed by atoms with Gasteiger partial charge < -0.3 is 10.3 Å². The number of aromatic amines is 1. The van der Waals surface area contributed by atoms with Gasteiger partial charge >= 0.3 is 0 Å². The normalized spacial score (nSPS) is 11.0. The molecule has 0 atom stereocenters. The topological polar surface area (TPSA) is 66.5 Å². The van der Waals surface area contributed by atoms with Gasteiger partial charge in [0, 0.05) is 47.0 Å². The van der Waals surface area contributed by atoms with Crippen LogP contribution in [-0.4, -0.2) is 19.9 Å². The molecular weight excluding hydrogens is 384 g/mol. The number of anilines is 2. The van der Waals surface area contributed by atoms with E-state index in [2.05, 4.69) is 25.3 Å². The Morgan fingerprint density at radius 1 is 0.733 bits per heavy atom. The molecule has 0 radical (unpaired) electrons. The van der Waals surface area contributed by atoms with E-state index < -0.39 is 11.6 Å². The maximum atomic E-state index is 13.5. The van der Waals surface area contributed by atoms with Crippen LogP contribution in [0.15, 0.2) is 79.1 Å². The second kappa shape index (κ2) is 7.36. The number of aromatic nitrogens is 4. The van der Waals surface area contributed by atoms with Crippen LogP contribution in [-0.2, 0) is 0 Å². The van der Waals surface area contributed by atoms with Crippen molar-refractivity contribution < 1.29 is 8.78 Å². The number of nitrogens with zero attached hydrogens (tertiary/aromatic N) is 3. The number of halogens is 2. The zero-order valence-corrected chi connectivity index (χ0v) is 15.6. The van der Waals surface area contributed by atoms with Gasteiger partial charge in [-0.25, -0.2) is 23.7 Å². The molecule has 0 bridgehead atoms. The van der Waals surface area contributed by atoms with Gasteiger partial charge in [-0.1, -0.05) is 12.1 Å². The van der Waals surface area contributed by atoms with Crippen molar-refractivity contribution in [2.75, 3.05) is 5.32 Å². The van der Waals surface area contributed by atoms with Crippen LogP contribution in [0.25, 0.3) is 33.8 Å². The first kappa shape index (κ1) is 17.9. The van der Waals surface area contributed by atoms with E-state index in [1.54, 1.807) is 18.5 Å². The minimum absolute atomic E-state index is 0.376. The van der Waals surface area contributed by atoms with Crippen molar-refractivity contribution in [1.82, 2.24) is 19.9 Å². The Morgan fingerprint density at radius 2 is 1.50 bits per heavy atom. The molecule has 0 fully saturated rings. The third-order valence-corrected chi connectivity index (χ3v) is 4.66.